The maximum absolute atomic E-state index is 12.4. The van der Waals surface area contributed by atoms with Gasteiger partial charge in [-0.25, -0.2) is 0 Å². The van der Waals surface area contributed by atoms with Crippen molar-refractivity contribution in [1.82, 2.24) is 4.90 Å². The van der Waals surface area contributed by atoms with Crippen LogP contribution in [0.15, 0.2) is 24.3 Å². The lowest BCUT2D eigenvalue weighted by atomic mass is 10.0. The minimum Gasteiger partial charge on any atom is -0.323 e. The van der Waals surface area contributed by atoms with Gasteiger partial charge in [0.2, 0.25) is 0 Å². The number of nitrogens with zero attached hydrogens (tertiary/aromatic N) is 2. The Morgan fingerprint density at radius 2 is 2.18 bits per heavy atom. The van der Waals surface area contributed by atoms with Crippen molar-refractivity contribution < 1.29 is 4.79 Å². The van der Waals surface area contributed by atoms with E-state index < -0.39 is 0 Å². The highest BCUT2D eigenvalue weighted by Crippen LogP contribution is 2.21. The average Bonchev–Trinajstić information content (AvgIpc) is 2.38. The Kier molecular flexibility index (Phi) is 4.00. The van der Waals surface area contributed by atoms with Crippen LogP contribution in [0.25, 0.3) is 0 Å². The number of hydrogen-bond acceptors (Lipinski definition) is 2. The molecule has 1 fully saturated rings. The van der Waals surface area contributed by atoms with E-state index in [1.807, 2.05) is 24.3 Å². The maximum atomic E-state index is 12.4. The van der Waals surface area contributed by atoms with Crippen LogP contribution in [0.2, 0.25) is 0 Å². The van der Waals surface area contributed by atoms with E-state index in [0.717, 1.165) is 22.8 Å². The van der Waals surface area contributed by atoms with E-state index in [0.29, 0.717) is 12.1 Å². The van der Waals surface area contributed by atoms with Crippen molar-refractivity contribution in [2.75, 3.05) is 6.54 Å². The van der Waals surface area contributed by atoms with Gasteiger partial charge in [0, 0.05) is 10.1 Å². The fourth-order valence-corrected chi connectivity index (χ4v) is 2.72. The molecule has 1 unspecified atom stereocenters. The lowest BCUT2D eigenvalue weighted by Gasteiger charge is -2.31. The average molecular weight is 340 g/mol. The summed E-state index contributed by atoms with van der Waals surface area (Å²) in [5, 5.41) is 9.08. The summed E-state index contributed by atoms with van der Waals surface area (Å²) < 4.78 is 0.942. The number of carbonyl (C=O) groups is 1. The second kappa shape index (κ2) is 5.50. The van der Waals surface area contributed by atoms with Gasteiger partial charge in [-0.05, 0) is 54.0 Å². The molecule has 88 valence electrons. The standard InChI is InChI=1S/C13H13IN2O/c14-12-7-2-1-6-11(12)13(17)16-8-4-3-5-10(16)9-15/h1-2,6-7,10H,3-5,8H2. The van der Waals surface area contributed by atoms with Crippen LogP contribution in [0.4, 0.5) is 0 Å². The van der Waals surface area contributed by atoms with Gasteiger partial charge in [0.15, 0.2) is 0 Å². The highest BCUT2D eigenvalue weighted by molar-refractivity contribution is 14.1. The molecule has 0 N–H and O–H groups in total. The molecule has 0 aromatic heterocycles. The molecule has 1 aromatic carbocycles. The number of carbonyl (C=O) groups excluding carboxylic acids is 1. The van der Waals surface area contributed by atoms with Gasteiger partial charge < -0.3 is 4.90 Å². The van der Waals surface area contributed by atoms with E-state index in [9.17, 15) is 4.79 Å². The zero-order valence-corrected chi connectivity index (χ0v) is 11.6. The summed E-state index contributed by atoms with van der Waals surface area (Å²) in [6, 6.07) is 9.49. The van der Waals surface area contributed by atoms with Crippen molar-refractivity contribution in [2.45, 2.75) is 25.3 Å². The van der Waals surface area contributed by atoms with Gasteiger partial charge in [0.25, 0.3) is 5.91 Å². The first kappa shape index (κ1) is 12.4. The number of piperidine rings is 1. The fraction of sp³-hybridized carbons (Fsp3) is 0.385. The summed E-state index contributed by atoms with van der Waals surface area (Å²) in [5.74, 6) is -0.0127. The van der Waals surface area contributed by atoms with E-state index in [2.05, 4.69) is 28.7 Å². The first-order valence-electron chi connectivity index (χ1n) is 5.69. The molecule has 1 saturated heterocycles. The van der Waals surface area contributed by atoms with Crippen LogP contribution in [0.3, 0.4) is 0 Å². The molecule has 0 saturated carbocycles. The highest BCUT2D eigenvalue weighted by Gasteiger charge is 2.27. The third kappa shape index (κ3) is 2.60. The zero-order chi connectivity index (χ0) is 12.3. The van der Waals surface area contributed by atoms with Crippen molar-refractivity contribution in [3.63, 3.8) is 0 Å². The largest absolute Gasteiger partial charge is 0.323 e. The van der Waals surface area contributed by atoms with Crippen molar-refractivity contribution in [1.29, 1.82) is 5.26 Å². The van der Waals surface area contributed by atoms with Crippen LogP contribution in [0, 0.1) is 14.9 Å². The topological polar surface area (TPSA) is 44.1 Å². The summed E-state index contributed by atoms with van der Waals surface area (Å²) in [6.45, 7) is 0.696. The second-order valence-corrected chi connectivity index (χ2v) is 5.28. The quantitative estimate of drug-likeness (QED) is 0.738. The van der Waals surface area contributed by atoms with Crippen LogP contribution in [-0.4, -0.2) is 23.4 Å². The molecule has 2 rings (SSSR count). The lowest BCUT2D eigenvalue weighted by molar-refractivity contribution is 0.0669. The van der Waals surface area contributed by atoms with Gasteiger partial charge in [-0.15, -0.1) is 0 Å². The Labute approximate surface area is 115 Å². The zero-order valence-electron chi connectivity index (χ0n) is 9.40. The van der Waals surface area contributed by atoms with Crippen LogP contribution in [0.5, 0.6) is 0 Å². The lowest BCUT2D eigenvalue weighted by Crippen LogP contribution is -2.43. The molecule has 1 aromatic rings. The van der Waals surface area contributed by atoms with Gasteiger partial charge in [0.05, 0.1) is 11.6 Å². The van der Waals surface area contributed by atoms with Crippen LogP contribution >= 0.6 is 22.6 Å². The van der Waals surface area contributed by atoms with E-state index in [4.69, 9.17) is 5.26 Å². The summed E-state index contributed by atoms with van der Waals surface area (Å²) in [6.07, 6.45) is 2.83. The number of amides is 1. The molecule has 0 radical (unpaired) electrons. The molecule has 0 bridgehead atoms. The predicted octanol–water partition coefficient (Wildman–Crippen LogP) is 2.81. The first-order valence-corrected chi connectivity index (χ1v) is 6.77. The molecule has 1 heterocycles. The van der Waals surface area contributed by atoms with Crippen LogP contribution in [-0.2, 0) is 0 Å². The third-order valence-electron chi connectivity index (χ3n) is 3.02. The van der Waals surface area contributed by atoms with Gasteiger partial charge in [-0.3, -0.25) is 4.79 Å². The normalized spacial score (nSPS) is 19.8. The van der Waals surface area contributed by atoms with E-state index >= 15 is 0 Å². The summed E-state index contributed by atoms with van der Waals surface area (Å²) in [7, 11) is 0. The predicted molar refractivity (Wildman–Crippen MR) is 73.4 cm³/mol. The van der Waals surface area contributed by atoms with Gasteiger partial charge >= 0.3 is 0 Å². The minimum absolute atomic E-state index is 0.0127. The number of halogens is 1. The summed E-state index contributed by atoms with van der Waals surface area (Å²) in [4.78, 5) is 14.1. The molecule has 0 aliphatic carbocycles. The summed E-state index contributed by atoms with van der Waals surface area (Å²) in [5.41, 5.74) is 0.704. The molecule has 1 amide bonds. The summed E-state index contributed by atoms with van der Waals surface area (Å²) >= 11 is 2.16. The molecule has 1 aliphatic rings. The van der Waals surface area contributed by atoms with E-state index in [1.165, 1.54) is 0 Å². The molecule has 1 aliphatic heterocycles. The molecular weight excluding hydrogens is 327 g/mol. The number of rotatable bonds is 1. The highest BCUT2D eigenvalue weighted by atomic mass is 127. The number of benzene rings is 1. The molecular formula is C13H13IN2O. The van der Waals surface area contributed by atoms with E-state index in [1.54, 1.807) is 4.90 Å². The molecule has 17 heavy (non-hydrogen) atoms. The monoisotopic (exact) mass is 340 g/mol. The number of likely N-dealkylation sites (tertiary alicyclic amines) is 1. The molecule has 4 heteroatoms. The minimum atomic E-state index is -0.257. The Bertz CT molecular complexity index is 467. The third-order valence-corrected chi connectivity index (χ3v) is 3.96. The number of hydrogen-bond donors (Lipinski definition) is 0. The first-order chi connectivity index (χ1) is 8.24. The second-order valence-electron chi connectivity index (χ2n) is 4.12. The Hall–Kier alpha value is -1.09. The Morgan fingerprint density at radius 1 is 1.41 bits per heavy atom. The van der Waals surface area contributed by atoms with Gasteiger partial charge in [-0.1, -0.05) is 12.1 Å². The molecule has 1 atom stereocenters. The smallest absolute Gasteiger partial charge is 0.255 e. The van der Waals surface area contributed by atoms with Crippen molar-refractivity contribution in [3.8, 4) is 6.07 Å². The van der Waals surface area contributed by atoms with Gasteiger partial charge in [-0.2, -0.15) is 5.26 Å². The van der Waals surface area contributed by atoms with Gasteiger partial charge in [0.1, 0.15) is 6.04 Å². The molecule has 3 nitrogen and oxygen atoms in total. The van der Waals surface area contributed by atoms with Crippen molar-refractivity contribution in [3.05, 3.63) is 33.4 Å². The van der Waals surface area contributed by atoms with Crippen LogP contribution in [0.1, 0.15) is 29.6 Å². The van der Waals surface area contributed by atoms with Crippen LogP contribution < -0.4 is 0 Å². The maximum Gasteiger partial charge on any atom is 0.255 e. The Morgan fingerprint density at radius 3 is 2.88 bits per heavy atom. The van der Waals surface area contributed by atoms with E-state index in [-0.39, 0.29) is 11.9 Å². The Balaban J connectivity index is 2.25. The fourth-order valence-electron chi connectivity index (χ4n) is 2.10. The van der Waals surface area contributed by atoms with Crippen molar-refractivity contribution in [2.24, 2.45) is 0 Å². The SMILES string of the molecule is N#CC1CCCCN1C(=O)c1ccccc1I. The number of nitriles is 1. The van der Waals surface area contributed by atoms with Crippen molar-refractivity contribution >= 4 is 28.5 Å². The molecule has 0 spiro atoms.